The first-order valence-corrected chi connectivity index (χ1v) is 8.09. The van der Waals surface area contributed by atoms with Crippen molar-refractivity contribution < 1.29 is 4.74 Å². The highest BCUT2D eigenvalue weighted by Gasteiger charge is 2.14. The van der Waals surface area contributed by atoms with Crippen molar-refractivity contribution in [1.82, 2.24) is 9.97 Å². The summed E-state index contributed by atoms with van der Waals surface area (Å²) in [6, 6.07) is 21.4. The maximum Gasteiger partial charge on any atom is 0.323 e. The average Bonchev–Trinajstić information content (AvgIpc) is 2.62. The van der Waals surface area contributed by atoms with Crippen LogP contribution in [0.1, 0.15) is 32.0 Å². The third kappa shape index (κ3) is 4.02. The lowest BCUT2D eigenvalue weighted by molar-refractivity contribution is 0.441. The monoisotopic (exact) mass is 329 g/mol. The molecule has 0 aliphatic carbocycles. The van der Waals surface area contributed by atoms with E-state index in [0.717, 1.165) is 5.56 Å². The Morgan fingerprint density at radius 2 is 1.60 bits per heavy atom. The molecule has 0 N–H and O–H groups in total. The van der Waals surface area contributed by atoms with E-state index in [1.54, 1.807) is 6.07 Å². The second-order valence-electron chi connectivity index (χ2n) is 6.78. The Bertz CT molecular complexity index is 905. The van der Waals surface area contributed by atoms with Crippen molar-refractivity contribution in [2.75, 3.05) is 0 Å². The predicted molar refractivity (Wildman–Crippen MR) is 97.4 cm³/mol. The number of benzene rings is 2. The maximum atomic E-state index is 9.23. The van der Waals surface area contributed by atoms with E-state index in [9.17, 15) is 5.26 Å². The molecule has 0 fully saturated rings. The minimum Gasteiger partial charge on any atom is -0.424 e. The summed E-state index contributed by atoms with van der Waals surface area (Å²) in [7, 11) is 0. The maximum absolute atomic E-state index is 9.23. The Morgan fingerprint density at radius 1 is 0.920 bits per heavy atom. The lowest BCUT2D eigenvalue weighted by Gasteiger charge is -2.19. The van der Waals surface area contributed by atoms with Crippen LogP contribution >= 0.6 is 0 Å². The van der Waals surface area contributed by atoms with Gasteiger partial charge in [0, 0.05) is 11.6 Å². The summed E-state index contributed by atoms with van der Waals surface area (Å²) in [4.78, 5) is 8.58. The largest absolute Gasteiger partial charge is 0.424 e. The molecule has 3 rings (SSSR count). The molecular weight excluding hydrogens is 310 g/mol. The molecule has 0 unspecified atom stereocenters. The average molecular weight is 329 g/mol. The van der Waals surface area contributed by atoms with E-state index in [2.05, 4.69) is 36.8 Å². The van der Waals surface area contributed by atoms with E-state index in [0.29, 0.717) is 11.4 Å². The van der Waals surface area contributed by atoms with Gasteiger partial charge in [-0.1, -0.05) is 63.2 Å². The van der Waals surface area contributed by atoms with E-state index in [1.807, 2.05) is 54.6 Å². The SMILES string of the molecule is CC(C)(C)c1ccc(Oc2nc(C#N)cc(-c3ccccc3)n2)cc1. The Hall–Kier alpha value is -3.19. The van der Waals surface area contributed by atoms with Crippen molar-refractivity contribution in [3.63, 3.8) is 0 Å². The topological polar surface area (TPSA) is 58.8 Å². The third-order valence-electron chi connectivity index (χ3n) is 3.82. The first kappa shape index (κ1) is 16.7. The lowest BCUT2D eigenvalue weighted by Crippen LogP contribution is -2.10. The molecule has 1 aromatic heterocycles. The Labute approximate surface area is 147 Å². The molecule has 3 aromatic rings. The molecule has 0 atom stereocenters. The second kappa shape index (κ2) is 6.74. The molecule has 124 valence electrons. The number of rotatable bonds is 3. The molecule has 4 nitrogen and oxygen atoms in total. The zero-order chi connectivity index (χ0) is 17.9. The fraction of sp³-hybridized carbons (Fsp3) is 0.190. The minimum atomic E-state index is 0.0796. The van der Waals surface area contributed by atoms with Crippen molar-refractivity contribution >= 4 is 0 Å². The van der Waals surface area contributed by atoms with Crippen molar-refractivity contribution in [2.24, 2.45) is 0 Å². The van der Waals surface area contributed by atoms with E-state index < -0.39 is 0 Å². The van der Waals surface area contributed by atoms with Gasteiger partial charge < -0.3 is 4.74 Å². The number of ether oxygens (including phenoxy) is 1. The van der Waals surface area contributed by atoms with Gasteiger partial charge in [-0.3, -0.25) is 0 Å². The van der Waals surface area contributed by atoms with Crippen LogP contribution in [0.3, 0.4) is 0 Å². The predicted octanol–water partition coefficient (Wildman–Crippen LogP) is 5.11. The molecular formula is C21H19N3O. The zero-order valence-corrected chi connectivity index (χ0v) is 14.5. The highest BCUT2D eigenvalue weighted by molar-refractivity contribution is 5.60. The summed E-state index contributed by atoms with van der Waals surface area (Å²) in [6.45, 7) is 6.48. The van der Waals surface area contributed by atoms with Crippen LogP contribution in [-0.2, 0) is 5.41 Å². The van der Waals surface area contributed by atoms with Crippen molar-refractivity contribution in [2.45, 2.75) is 26.2 Å². The molecule has 0 aliphatic rings. The van der Waals surface area contributed by atoms with Gasteiger partial charge in [0.25, 0.3) is 0 Å². The van der Waals surface area contributed by atoms with Gasteiger partial charge in [0.15, 0.2) is 0 Å². The quantitative estimate of drug-likeness (QED) is 0.670. The summed E-state index contributed by atoms with van der Waals surface area (Å²) in [5.41, 5.74) is 3.14. The Kier molecular flexibility index (Phi) is 4.49. The van der Waals surface area contributed by atoms with Crippen LogP contribution in [0, 0.1) is 11.3 Å². The highest BCUT2D eigenvalue weighted by Crippen LogP contribution is 2.27. The molecule has 0 bridgehead atoms. The van der Waals surface area contributed by atoms with Gasteiger partial charge in [-0.15, -0.1) is 0 Å². The van der Waals surface area contributed by atoms with Crippen molar-refractivity contribution in [3.8, 4) is 29.1 Å². The van der Waals surface area contributed by atoms with Crippen LogP contribution in [0.15, 0.2) is 60.7 Å². The fourth-order valence-corrected chi connectivity index (χ4v) is 2.41. The minimum absolute atomic E-state index is 0.0796. The van der Waals surface area contributed by atoms with E-state index in [1.165, 1.54) is 5.56 Å². The van der Waals surface area contributed by atoms with Crippen LogP contribution in [0.25, 0.3) is 11.3 Å². The summed E-state index contributed by atoms with van der Waals surface area (Å²) in [5, 5.41) is 9.23. The summed E-state index contributed by atoms with van der Waals surface area (Å²) in [5.74, 6) is 0.641. The summed E-state index contributed by atoms with van der Waals surface area (Å²) < 4.78 is 5.78. The molecule has 1 heterocycles. The molecule has 4 heteroatoms. The summed E-state index contributed by atoms with van der Waals surface area (Å²) >= 11 is 0. The summed E-state index contributed by atoms with van der Waals surface area (Å²) in [6.07, 6.45) is 0. The Morgan fingerprint density at radius 3 is 2.20 bits per heavy atom. The van der Waals surface area contributed by atoms with Crippen LogP contribution in [0.2, 0.25) is 0 Å². The van der Waals surface area contributed by atoms with Gasteiger partial charge in [0.1, 0.15) is 17.5 Å². The van der Waals surface area contributed by atoms with Gasteiger partial charge >= 0.3 is 6.01 Å². The number of nitriles is 1. The van der Waals surface area contributed by atoms with Crippen LogP contribution in [-0.4, -0.2) is 9.97 Å². The van der Waals surface area contributed by atoms with Crippen molar-refractivity contribution in [3.05, 3.63) is 71.9 Å². The smallest absolute Gasteiger partial charge is 0.323 e. The van der Waals surface area contributed by atoms with Crippen LogP contribution in [0.4, 0.5) is 0 Å². The molecule has 0 aliphatic heterocycles. The molecule has 25 heavy (non-hydrogen) atoms. The van der Waals surface area contributed by atoms with Gasteiger partial charge in [0.05, 0.1) is 5.69 Å². The number of aromatic nitrogens is 2. The standard InChI is InChI=1S/C21H19N3O/c1-21(2,3)16-9-11-18(12-10-16)25-20-23-17(14-22)13-19(24-20)15-7-5-4-6-8-15/h4-13H,1-3H3. The van der Waals surface area contributed by atoms with Gasteiger partial charge in [0.2, 0.25) is 0 Å². The third-order valence-corrected chi connectivity index (χ3v) is 3.82. The second-order valence-corrected chi connectivity index (χ2v) is 6.78. The number of hydrogen-bond acceptors (Lipinski definition) is 4. The van der Waals surface area contributed by atoms with E-state index in [4.69, 9.17) is 4.74 Å². The number of nitrogens with zero attached hydrogens (tertiary/aromatic N) is 3. The molecule has 0 spiro atoms. The molecule has 0 saturated heterocycles. The van der Waals surface area contributed by atoms with Crippen LogP contribution < -0.4 is 4.74 Å². The highest BCUT2D eigenvalue weighted by atomic mass is 16.5. The van der Waals surface area contributed by atoms with E-state index in [-0.39, 0.29) is 17.1 Å². The lowest BCUT2D eigenvalue weighted by atomic mass is 9.87. The zero-order valence-electron chi connectivity index (χ0n) is 14.5. The number of hydrogen-bond donors (Lipinski definition) is 0. The molecule has 0 saturated carbocycles. The van der Waals surface area contributed by atoms with Crippen LogP contribution in [0.5, 0.6) is 11.8 Å². The van der Waals surface area contributed by atoms with Gasteiger partial charge in [-0.25, -0.2) is 0 Å². The van der Waals surface area contributed by atoms with Gasteiger partial charge in [-0.2, -0.15) is 15.2 Å². The first-order chi connectivity index (χ1) is 12.0. The Balaban J connectivity index is 1.91. The van der Waals surface area contributed by atoms with Gasteiger partial charge in [-0.05, 0) is 23.1 Å². The van der Waals surface area contributed by atoms with E-state index >= 15 is 0 Å². The first-order valence-electron chi connectivity index (χ1n) is 8.09. The molecule has 2 aromatic carbocycles. The van der Waals surface area contributed by atoms with Crippen molar-refractivity contribution in [1.29, 1.82) is 5.26 Å². The molecule has 0 radical (unpaired) electrons. The molecule has 0 amide bonds. The normalized spacial score (nSPS) is 11.0. The fourth-order valence-electron chi connectivity index (χ4n) is 2.41.